The molecule has 4 aromatic rings. The lowest BCUT2D eigenvalue weighted by Gasteiger charge is -2.43. The summed E-state index contributed by atoms with van der Waals surface area (Å²) < 4.78 is 31.0. The Hall–Kier alpha value is -6.23. The normalized spacial score (nSPS) is 18.5. The van der Waals surface area contributed by atoms with E-state index in [1.54, 1.807) is 30.8 Å². The molecule has 0 bridgehead atoms. The van der Waals surface area contributed by atoms with Crippen LogP contribution in [0.25, 0.3) is 0 Å². The number of nitrogens with zero attached hydrogens (tertiary/aromatic N) is 7. The Labute approximate surface area is 407 Å². The largest absolute Gasteiger partial charge is 0.494 e. The fourth-order valence-electron chi connectivity index (χ4n) is 8.96. The van der Waals surface area contributed by atoms with Crippen LogP contribution in [0.4, 0.5) is 40.2 Å². The van der Waals surface area contributed by atoms with Gasteiger partial charge in [0.15, 0.2) is 5.82 Å². The molecule has 4 N–H and O–H groups in total. The zero-order valence-corrected chi connectivity index (χ0v) is 40.3. The monoisotopic (exact) mass is 985 g/mol. The van der Waals surface area contributed by atoms with Crippen molar-refractivity contribution in [3.63, 3.8) is 0 Å². The van der Waals surface area contributed by atoms with Gasteiger partial charge < -0.3 is 35.1 Å². The number of piperazine rings is 1. The number of rotatable bonds is 19. The van der Waals surface area contributed by atoms with Gasteiger partial charge in [0.05, 0.1) is 67.0 Å². The maximum atomic E-state index is 13.3. The van der Waals surface area contributed by atoms with E-state index in [4.69, 9.17) is 25.8 Å². The number of nitrogens with one attached hydrogen (secondary N) is 4. The number of benzene rings is 3. The first kappa shape index (κ1) is 49.2. The van der Waals surface area contributed by atoms with E-state index < -0.39 is 46.6 Å². The highest BCUT2D eigenvalue weighted by molar-refractivity contribution is 7.85. The van der Waals surface area contributed by atoms with Gasteiger partial charge in [0, 0.05) is 83.3 Å². The summed E-state index contributed by atoms with van der Waals surface area (Å²) in [5, 5.41) is 11.7. The van der Waals surface area contributed by atoms with Crippen molar-refractivity contribution in [3.05, 3.63) is 83.0 Å². The molecule has 4 aliphatic heterocycles. The lowest BCUT2D eigenvalue weighted by molar-refractivity contribution is -0.136. The Kier molecular flexibility index (Phi) is 16.0. The van der Waals surface area contributed by atoms with Gasteiger partial charge in [-0.25, -0.2) is 9.19 Å². The molecule has 2 unspecified atom stereocenters. The lowest BCUT2D eigenvalue weighted by Crippen LogP contribution is -2.54. The van der Waals surface area contributed by atoms with Crippen molar-refractivity contribution in [2.75, 3.05) is 118 Å². The summed E-state index contributed by atoms with van der Waals surface area (Å²) in [5.41, 5.74) is 3.44. The fourth-order valence-corrected chi connectivity index (χ4v) is 9.53. The number of hydrogen-bond acceptors (Lipinski definition) is 16. The van der Waals surface area contributed by atoms with Crippen molar-refractivity contribution >= 4 is 92.3 Å². The first-order chi connectivity index (χ1) is 33.4. The zero-order chi connectivity index (χ0) is 48.6. The van der Waals surface area contributed by atoms with Gasteiger partial charge in [-0.2, -0.15) is 4.98 Å². The second-order valence-electron chi connectivity index (χ2n) is 16.9. The predicted octanol–water partition coefficient (Wildman–Crippen LogP) is 4.02. The molecule has 2 atom stereocenters. The molecule has 0 spiro atoms. The number of amides is 5. The Bertz CT molecular complexity index is 2590. The van der Waals surface area contributed by atoms with E-state index in [1.807, 2.05) is 36.4 Å². The van der Waals surface area contributed by atoms with Crippen LogP contribution in [0.3, 0.4) is 0 Å². The van der Waals surface area contributed by atoms with E-state index in [9.17, 15) is 28.2 Å². The smallest absolute Gasteiger partial charge is 0.264 e. The van der Waals surface area contributed by atoms with Crippen LogP contribution < -0.4 is 35.2 Å². The maximum absolute atomic E-state index is 13.3. The summed E-state index contributed by atoms with van der Waals surface area (Å²) in [6.45, 7) is 7.28. The highest BCUT2D eigenvalue weighted by Gasteiger charge is 2.45. The summed E-state index contributed by atoms with van der Waals surface area (Å²) in [6.07, 6.45) is 5.30. The molecule has 1 aromatic heterocycles. The second kappa shape index (κ2) is 22.5. The molecule has 3 saturated heterocycles. The van der Waals surface area contributed by atoms with Crippen LogP contribution in [-0.2, 0) is 34.8 Å². The van der Waals surface area contributed by atoms with E-state index in [0.717, 1.165) is 74.9 Å². The molecular weight excluding hydrogens is 930 g/mol. The lowest BCUT2D eigenvalue weighted by atomic mass is 10.0. The predicted molar refractivity (Wildman–Crippen MR) is 262 cm³/mol. The van der Waals surface area contributed by atoms with Crippen LogP contribution in [0.1, 0.15) is 46.4 Å². The highest BCUT2D eigenvalue weighted by atomic mass is 35.5. The van der Waals surface area contributed by atoms with Crippen molar-refractivity contribution < 1.29 is 42.4 Å². The number of aromatic nitrogens is 2. The van der Waals surface area contributed by atoms with Gasteiger partial charge in [-0.3, -0.25) is 48.3 Å². The number of methoxy groups -OCH3 is 1. The number of hydrogen-bond donors (Lipinski definition) is 4. The van der Waals surface area contributed by atoms with Gasteiger partial charge in [0.1, 0.15) is 34.4 Å². The average Bonchev–Trinajstić information content (AvgIpc) is 3.61. The van der Waals surface area contributed by atoms with Crippen LogP contribution in [-0.4, -0.2) is 163 Å². The maximum Gasteiger partial charge on any atom is 0.264 e. The molecule has 5 amide bonds. The number of halogens is 1. The average molecular weight is 987 g/mol. The second-order valence-corrected chi connectivity index (χ2v) is 18.7. The number of carbonyl (C=O) groups excluding carboxylic acids is 5. The molecule has 0 radical (unpaired) electrons. The van der Waals surface area contributed by atoms with Gasteiger partial charge >= 0.3 is 0 Å². The quantitative estimate of drug-likeness (QED) is 0.0770. The molecule has 69 heavy (non-hydrogen) atoms. The van der Waals surface area contributed by atoms with Crippen molar-refractivity contribution in [1.82, 2.24) is 30.0 Å². The van der Waals surface area contributed by atoms with E-state index >= 15 is 0 Å². The molecule has 3 aromatic carbocycles. The molecule has 0 saturated carbocycles. The number of ether oxygens (including phenoxy) is 3. The van der Waals surface area contributed by atoms with Gasteiger partial charge in [-0.15, -0.1) is 0 Å². The first-order valence-electron chi connectivity index (χ1n) is 22.8. The van der Waals surface area contributed by atoms with Crippen LogP contribution in [0.2, 0.25) is 5.02 Å². The third-order valence-electron chi connectivity index (χ3n) is 12.7. The van der Waals surface area contributed by atoms with Crippen LogP contribution in [0, 0.1) is 0 Å². The molecule has 20 nitrogen and oxygen atoms in total. The van der Waals surface area contributed by atoms with E-state index in [0.29, 0.717) is 53.2 Å². The topological polar surface area (TPSA) is 220 Å². The minimum atomic E-state index is -1.22. The SMILES string of the molecule is COc1cc(N2CCC(N3CCN(CCOCCOCC(=O)Nc4cccc5c4C(=O)N(C4CCC(=O)NC4=O)C5=O)CC3)CC2)ccc1Nc1ncc(Cl)c(Nc2ccccc2N(C)S(C)=O)n1. The minimum Gasteiger partial charge on any atom is -0.494 e. The van der Waals surface area contributed by atoms with Crippen LogP contribution in [0.5, 0.6) is 5.75 Å². The Morgan fingerprint density at radius 2 is 1.64 bits per heavy atom. The third kappa shape index (κ3) is 11.6. The van der Waals surface area contributed by atoms with Gasteiger partial charge in [-0.1, -0.05) is 29.8 Å². The van der Waals surface area contributed by atoms with Gasteiger partial charge in [0.25, 0.3) is 11.8 Å². The van der Waals surface area contributed by atoms with Gasteiger partial charge in [0.2, 0.25) is 23.7 Å². The molecule has 5 heterocycles. The van der Waals surface area contributed by atoms with Crippen molar-refractivity contribution in [2.24, 2.45) is 0 Å². The number of carbonyl (C=O) groups is 5. The van der Waals surface area contributed by atoms with Crippen molar-refractivity contribution in [3.8, 4) is 5.75 Å². The molecule has 8 rings (SSSR count). The summed E-state index contributed by atoms with van der Waals surface area (Å²) in [4.78, 5) is 80.4. The Morgan fingerprint density at radius 3 is 2.39 bits per heavy atom. The zero-order valence-electron chi connectivity index (χ0n) is 38.7. The molecule has 3 fully saturated rings. The minimum absolute atomic E-state index is 0.00207. The number of imide groups is 2. The molecular formula is C47H56ClN11O9S. The van der Waals surface area contributed by atoms with Crippen molar-refractivity contribution in [2.45, 2.75) is 37.8 Å². The molecule has 4 aliphatic rings. The summed E-state index contributed by atoms with van der Waals surface area (Å²) in [5.74, 6) is -1.64. The van der Waals surface area contributed by atoms with E-state index in [-0.39, 0.29) is 42.9 Å². The molecule has 22 heteroatoms. The number of anilines is 7. The number of piperidine rings is 2. The third-order valence-corrected chi connectivity index (χ3v) is 14.0. The Morgan fingerprint density at radius 1 is 0.884 bits per heavy atom. The summed E-state index contributed by atoms with van der Waals surface area (Å²) >= 11 is 6.50. The molecule has 366 valence electrons. The molecule has 0 aliphatic carbocycles. The fraction of sp³-hybridized carbons (Fsp3) is 0.426. The van der Waals surface area contributed by atoms with Crippen LogP contribution in [0.15, 0.2) is 66.9 Å². The van der Waals surface area contributed by atoms with E-state index in [1.165, 1.54) is 18.3 Å². The first-order valence-corrected chi connectivity index (χ1v) is 24.7. The highest BCUT2D eigenvalue weighted by Crippen LogP contribution is 2.36. The number of fused-ring (bicyclic) bond motifs is 1. The van der Waals surface area contributed by atoms with Crippen molar-refractivity contribution in [1.29, 1.82) is 0 Å². The number of para-hydroxylation sites is 2. The van der Waals surface area contributed by atoms with Gasteiger partial charge in [-0.05, 0) is 55.7 Å². The standard InChI is InChI=1S/C47H56ClN11O9S/c1-55(69(3)65)37-10-5-4-8-34(37)51-43-33(48)28-49-47(54-43)52-35-12-11-31(27-39(35)66-2)57-17-15-30(16-18-57)58-21-19-56(20-22-58)23-24-67-25-26-68-29-41(61)50-36-9-6-7-32-42(36)46(64)59(45(32)63)38-13-14-40(60)53-44(38)62/h4-12,27-28,30,38H,13-26,29H2,1-3H3,(H,50,61)(H,53,60,62)(H2,49,51,52,54). The van der Waals surface area contributed by atoms with Crippen LogP contribution >= 0.6 is 11.6 Å². The summed E-state index contributed by atoms with van der Waals surface area (Å²) in [6, 6.07) is 17.5. The Balaban J connectivity index is 0.718. The summed E-state index contributed by atoms with van der Waals surface area (Å²) in [7, 11) is 2.17. The van der Waals surface area contributed by atoms with E-state index in [2.05, 4.69) is 52.0 Å².